The fourth-order valence-corrected chi connectivity index (χ4v) is 1.68. The zero-order chi connectivity index (χ0) is 17.7. The molecule has 9 heteroatoms. The lowest BCUT2D eigenvalue weighted by molar-refractivity contribution is -0.189. The molecular weight excluding hydrogens is 325 g/mol. The highest BCUT2D eigenvalue weighted by atomic mass is 19.4. The number of alkyl halides is 3. The van der Waals surface area contributed by atoms with Crippen LogP contribution in [0.4, 0.5) is 13.2 Å². The third-order valence-corrected chi connectivity index (χ3v) is 3.05. The van der Waals surface area contributed by atoms with Crippen LogP contribution in [0, 0.1) is 6.92 Å². The number of rotatable bonds is 5. The van der Waals surface area contributed by atoms with Gasteiger partial charge in [0.05, 0.1) is 0 Å². The Morgan fingerprint density at radius 3 is 2.62 bits per heavy atom. The van der Waals surface area contributed by atoms with Gasteiger partial charge in [0, 0.05) is 24.5 Å². The Labute approximate surface area is 136 Å². The average Bonchev–Trinajstić information content (AvgIpc) is 2.53. The van der Waals surface area contributed by atoms with Gasteiger partial charge in [0.1, 0.15) is 12.0 Å². The number of ether oxygens (including phenoxy) is 1. The quantitative estimate of drug-likeness (QED) is 0.905. The maximum atomic E-state index is 12.4. The first kappa shape index (κ1) is 17.6. The van der Waals surface area contributed by atoms with Gasteiger partial charge in [-0.25, -0.2) is 15.0 Å². The predicted molar refractivity (Wildman–Crippen MR) is 78.3 cm³/mol. The molecule has 24 heavy (non-hydrogen) atoms. The number of amides is 1. The fraction of sp³-hybridized carbons (Fsp3) is 0.333. The Bertz CT molecular complexity index is 705. The molecule has 0 radical (unpaired) electrons. The molecule has 6 nitrogen and oxygen atoms in total. The second-order valence-electron chi connectivity index (χ2n) is 5.03. The van der Waals surface area contributed by atoms with Crippen molar-refractivity contribution in [3.8, 4) is 5.88 Å². The Hall–Kier alpha value is -2.71. The van der Waals surface area contributed by atoms with Crippen LogP contribution >= 0.6 is 0 Å². The minimum atomic E-state index is -4.45. The Kier molecular flexibility index (Phi) is 5.32. The molecule has 0 aromatic carbocycles. The smallest absolute Gasteiger partial charge is 0.425 e. The molecule has 2 aromatic rings. The third kappa shape index (κ3) is 4.90. The summed E-state index contributed by atoms with van der Waals surface area (Å²) in [6.45, 7) is 2.80. The number of hydrogen-bond donors (Lipinski definition) is 1. The summed E-state index contributed by atoms with van der Waals surface area (Å²) < 4.78 is 41.9. The van der Waals surface area contributed by atoms with Crippen LogP contribution < -0.4 is 10.1 Å². The molecule has 0 saturated carbocycles. The SMILES string of the molecule is Cc1cc(C(=O)NCc2ccc(OC(C)C(F)(F)F)nc2)ncn1. The first-order valence-corrected chi connectivity index (χ1v) is 7.01. The first-order valence-electron chi connectivity index (χ1n) is 7.01. The van der Waals surface area contributed by atoms with Gasteiger partial charge in [-0.3, -0.25) is 4.79 Å². The van der Waals surface area contributed by atoms with Gasteiger partial charge in [-0.15, -0.1) is 0 Å². The lowest BCUT2D eigenvalue weighted by Gasteiger charge is -2.16. The molecule has 1 amide bonds. The summed E-state index contributed by atoms with van der Waals surface area (Å²) in [5.74, 6) is -0.521. The number of halogens is 3. The van der Waals surface area contributed by atoms with Crippen molar-refractivity contribution in [3.63, 3.8) is 0 Å². The second-order valence-corrected chi connectivity index (χ2v) is 5.03. The zero-order valence-corrected chi connectivity index (χ0v) is 13.0. The predicted octanol–water partition coefficient (Wildman–Crippen LogP) is 2.44. The lowest BCUT2D eigenvalue weighted by Crippen LogP contribution is -2.31. The summed E-state index contributed by atoms with van der Waals surface area (Å²) >= 11 is 0. The first-order chi connectivity index (χ1) is 11.3. The molecule has 0 aliphatic heterocycles. The topological polar surface area (TPSA) is 77.0 Å². The Balaban J connectivity index is 1.91. The molecule has 2 rings (SSSR count). The van der Waals surface area contributed by atoms with Gasteiger partial charge in [-0.2, -0.15) is 13.2 Å². The van der Waals surface area contributed by atoms with E-state index in [4.69, 9.17) is 4.74 Å². The molecule has 1 atom stereocenters. The van der Waals surface area contributed by atoms with E-state index in [1.807, 2.05) is 0 Å². The molecule has 1 unspecified atom stereocenters. The van der Waals surface area contributed by atoms with Crippen molar-refractivity contribution in [1.82, 2.24) is 20.3 Å². The van der Waals surface area contributed by atoms with Crippen LogP contribution in [-0.4, -0.2) is 33.1 Å². The molecule has 0 aliphatic carbocycles. The molecule has 0 aliphatic rings. The Morgan fingerprint density at radius 1 is 1.29 bits per heavy atom. The van der Waals surface area contributed by atoms with Crippen LogP contribution in [-0.2, 0) is 6.54 Å². The van der Waals surface area contributed by atoms with Crippen molar-refractivity contribution in [2.24, 2.45) is 0 Å². The number of carbonyl (C=O) groups is 1. The largest absolute Gasteiger partial charge is 0.465 e. The maximum absolute atomic E-state index is 12.4. The number of pyridine rings is 1. The highest BCUT2D eigenvalue weighted by Crippen LogP contribution is 2.23. The van der Waals surface area contributed by atoms with Crippen LogP contribution in [0.5, 0.6) is 5.88 Å². The van der Waals surface area contributed by atoms with E-state index in [1.165, 1.54) is 24.7 Å². The summed E-state index contributed by atoms with van der Waals surface area (Å²) in [5, 5.41) is 2.64. The third-order valence-electron chi connectivity index (χ3n) is 3.05. The number of aromatic nitrogens is 3. The molecule has 0 spiro atoms. The van der Waals surface area contributed by atoms with Gasteiger partial charge in [0.25, 0.3) is 5.91 Å². The van der Waals surface area contributed by atoms with Crippen LogP contribution in [0.25, 0.3) is 0 Å². The summed E-state index contributed by atoms with van der Waals surface area (Å²) in [7, 11) is 0. The van der Waals surface area contributed by atoms with Gasteiger partial charge in [0.2, 0.25) is 5.88 Å². The van der Waals surface area contributed by atoms with E-state index in [1.54, 1.807) is 13.0 Å². The lowest BCUT2D eigenvalue weighted by atomic mass is 10.2. The fourth-order valence-electron chi connectivity index (χ4n) is 1.68. The standard InChI is InChI=1S/C15H15F3N4O2/c1-9-5-12(22-8-21-9)14(23)20-7-11-3-4-13(19-6-11)24-10(2)15(16,17)18/h3-6,8,10H,7H2,1-2H3,(H,20,23). The minimum Gasteiger partial charge on any atom is -0.465 e. The van der Waals surface area contributed by atoms with Crippen LogP contribution in [0.3, 0.4) is 0 Å². The Morgan fingerprint density at radius 2 is 2.04 bits per heavy atom. The van der Waals surface area contributed by atoms with Crippen LogP contribution in [0.15, 0.2) is 30.7 Å². The van der Waals surface area contributed by atoms with Gasteiger partial charge in [-0.1, -0.05) is 6.07 Å². The molecule has 2 heterocycles. The summed E-state index contributed by atoms with van der Waals surface area (Å²) in [5.41, 5.74) is 1.51. The van der Waals surface area contributed by atoms with Crippen molar-refractivity contribution in [2.45, 2.75) is 32.7 Å². The number of nitrogens with zero attached hydrogens (tertiary/aromatic N) is 3. The molecule has 128 valence electrons. The second kappa shape index (κ2) is 7.24. The van der Waals surface area contributed by atoms with Crippen LogP contribution in [0.1, 0.15) is 28.7 Å². The molecule has 2 aromatic heterocycles. The normalized spacial score (nSPS) is 12.5. The van der Waals surface area contributed by atoms with Crippen molar-refractivity contribution < 1.29 is 22.7 Å². The number of nitrogens with one attached hydrogen (secondary N) is 1. The van der Waals surface area contributed by atoms with E-state index >= 15 is 0 Å². The van der Waals surface area contributed by atoms with Crippen LogP contribution in [0.2, 0.25) is 0 Å². The highest BCUT2D eigenvalue weighted by molar-refractivity contribution is 5.92. The number of carbonyl (C=O) groups excluding carboxylic acids is 1. The summed E-state index contributed by atoms with van der Waals surface area (Å²) in [4.78, 5) is 23.5. The molecule has 0 bridgehead atoms. The average molecular weight is 340 g/mol. The van der Waals surface area contributed by atoms with Gasteiger partial charge < -0.3 is 10.1 Å². The van der Waals surface area contributed by atoms with E-state index in [0.29, 0.717) is 11.3 Å². The van der Waals surface area contributed by atoms with E-state index in [9.17, 15) is 18.0 Å². The van der Waals surface area contributed by atoms with Gasteiger partial charge in [0.15, 0.2) is 6.10 Å². The van der Waals surface area contributed by atoms with Crippen molar-refractivity contribution in [3.05, 3.63) is 47.7 Å². The van der Waals surface area contributed by atoms with E-state index < -0.39 is 12.3 Å². The highest BCUT2D eigenvalue weighted by Gasteiger charge is 2.38. The number of aryl methyl sites for hydroxylation is 1. The van der Waals surface area contributed by atoms with E-state index in [0.717, 1.165) is 6.92 Å². The number of hydrogen-bond acceptors (Lipinski definition) is 5. The molecule has 0 saturated heterocycles. The van der Waals surface area contributed by atoms with Gasteiger partial charge in [-0.05, 0) is 25.5 Å². The van der Waals surface area contributed by atoms with E-state index in [-0.39, 0.29) is 24.0 Å². The minimum absolute atomic E-state index is 0.138. The summed E-state index contributed by atoms with van der Waals surface area (Å²) in [6, 6.07) is 4.39. The maximum Gasteiger partial charge on any atom is 0.425 e. The van der Waals surface area contributed by atoms with E-state index in [2.05, 4.69) is 20.3 Å². The molecular formula is C15H15F3N4O2. The molecule has 0 fully saturated rings. The zero-order valence-electron chi connectivity index (χ0n) is 13.0. The van der Waals surface area contributed by atoms with Gasteiger partial charge >= 0.3 is 6.18 Å². The summed E-state index contributed by atoms with van der Waals surface area (Å²) in [6.07, 6.45) is -3.77. The van der Waals surface area contributed by atoms with Crippen molar-refractivity contribution >= 4 is 5.91 Å². The molecule has 1 N–H and O–H groups in total. The van der Waals surface area contributed by atoms with Crippen molar-refractivity contribution in [2.75, 3.05) is 0 Å². The van der Waals surface area contributed by atoms with Crippen molar-refractivity contribution in [1.29, 1.82) is 0 Å². The monoisotopic (exact) mass is 340 g/mol.